The van der Waals surface area contributed by atoms with Gasteiger partial charge in [-0.25, -0.2) is 14.6 Å². The quantitative estimate of drug-likeness (QED) is 0.446. The van der Waals surface area contributed by atoms with Crippen LogP contribution in [0.1, 0.15) is 59.8 Å². The van der Waals surface area contributed by atoms with Gasteiger partial charge in [-0.2, -0.15) is 0 Å². The summed E-state index contributed by atoms with van der Waals surface area (Å²) in [7, 11) is 0. The Morgan fingerprint density at radius 3 is 2.12 bits per heavy atom. The first kappa shape index (κ1) is 22.9. The van der Waals surface area contributed by atoms with Crippen molar-refractivity contribution in [3.8, 4) is 11.1 Å². The van der Waals surface area contributed by atoms with Gasteiger partial charge < -0.3 is 9.47 Å². The van der Waals surface area contributed by atoms with E-state index in [-0.39, 0.29) is 12.3 Å². The fourth-order valence-corrected chi connectivity index (χ4v) is 3.12. The van der Waals surface area contributed by atoms with Crippen molar-refractivity contribution in [3.63, 3.8) is 0 Å². The van der Waals surface area contributed by atoms with Crippen molar-refractivity contribution in [1.29, 1.82) is 0 Å². The first-order chi connectivity index (χ1) is 15.3. The number of carbonyl (C=O) groups excluding carboxylic acids is 2. The molecule has 0 aliphatic rings. The molecule has 3 aromatic rings. The van der Waals surface area contributed by atoms with Gasteiger partial charge in [-0.1, -0.05) is 66.7 Å². The van der Waals surface area contributed by atoms with Gasteiger partial charge in [-0.05, 0) is 51.0 Å². The molecule has 5 heteroatoms. The molecule has 0 unspecified atom stereocenters. The SMILES string of the molecule is CCOC(=O)c1cc(-c2ccccc2)c(C(=O)OC(C)(C)C)c(/C=C/c2ccccc2)n1. The number of aromatic nitrogens is 1. The molecule has 0 atom stereocenters. The van der Waals surface area contributed by atoms with Gasteiger partial charge in [0.25, 0.3) is 0 Å². The Labute approximate surface area is 188 Å². The maximum Gasteiger partial charge on any atom is 0.356 e. The highest BCUT2D eigenvalue weighted by molar-refractivity contribution is 6.03. The minimum atomic E-state index is -0.689. The van der Waals surface area contributed by atoms with E-state index in [1.807, 2.05) is 87.5 Å². The van der Waals surface area contributed by atoms with Crippen molar-refractivity contribution in [1.82, 2.24) is 4.98 Å². The van der Waals surface area contributed by atoms with Crippen LogP contribution in [-0.2, 0) is 9.47 Å². The van der Waals surface area contributed by atoms with Crippen LogP contribution in [0, 0.1) is 0 Å². The number of hydrogen-bond donors (Lipinski definition) is 0. The third kappa shape index (κ3) is 5.91. The number of hydrogen-bond acceptors (Lipinski definition) is 5. The van der Waals surface area contributed by atoms with Crippen molar-refractivity contribution in [2.45, 2.75) is 33.3 Å². The first-order valence-corrected chi connectivity index (χ1v) is 10.5. The highest BCUT2D eigenvalue weighted by atomic mass is 16.6. The Morgan fingerprint density at radius 1 is 0.906 bits per heavy atom. The predicted molar refractivity (Wildman–Crippen MR) is 126 cm³/mol. The van der Waals surface area contributed by atoms with E-state index >= 15 is 0 Å². The van der Waals surface area contributed by atoms with E-state index in [4.69, 9.17) is 9.47 Å². The molecule has 0 fully saturated rings. The Hall–Kier alpha value is -3.73. The molecular weight excluding hydrogens is 402 g/mol. The zero-order chi connectivity index (χ0) is 23.1. The minimum Gasteiger partial charge on any atom is -0.461 e. The molecule has 0 saturated heterocycles. The number of carbonyl (C=O) groups is 2. The molecule has 0 bridgehead atoms. The second-order valence-corrected chi connectivity index (χ2v) is 8.15. The van der Waals surface area contributed by atoms with Crippen LogP contribution in [0.2, 0.25) is 0 Å². The lowest BCUT2D eigenvalue weighted by atomic mass is 9.97. The van der Waals surface area contributed by atoms with Gasteiger partial charge >= 0.3 is 11.9 Å². The lowest BCUT2D eigenvalue weighted by molar-refractivity contribution is 0.00691. The monoisotopic (exact) mass is 429 g/mol. The zero-order valence-electron chi connectivity index (χ0n) is 18.8. The van der Waals surface area contributed by atoms with Crippen LogP contribution in [0.5, 0.6) is 0 Å². The molecule has 32 heavy (non-hydrogen) atoms. The Balaban J connectivity index is 2.24. The van der Waals surface area contributed by atoms with Gasteiger partial charge in [-0.15, -0.1) is 0 Å². The molecule has 0 N–H and O–H groups in total. The smallest absolute Gasteiger partial charge is 0.356 e. The van der Waals surface area contributed by atoms with Gasteiger partial charge in [0, 0.05) is 5.56 Å². The van der Waals surface area contributed by atoms with Crippen LogP contribution in [0.25, 0.3) is 23.3 Å². The molecule has 0 amide bonds. The molecule has 0 aliphatic carbocycles. The summed E-state index contributed by atoms with van der Waals surface area (Å²) in [6, 6.07) is 20.6. The first-order valence-electron chi connectivity index (χ1n) is 10.5. The minimum absolute atomic E-state index is 0.130. The summed E-state index contributed by atoms with van der Waals surface area (Å²) in [5.74, 6) is -1.05. The molecule has 1 heterocycles. The van der Waals surface area contributed by atoms with Gasteiger partial charge in [-0.3, -0.25) is 0 Å². The van der Waals surface area contributed by atoms with Crippen LogP contribution in [-0.4, -0.2) is 29.1 Å². The van der Waals surface area contributed by atoms with E-state index in [0.717, 1.165) is 11.1 Å². The van der Waals surface area contributed by atoms with Crippen molar-refractivity contribution < 1.29 is 19.1 Å². The van der Waals surface area contributed by atoms with Gasteiger partial charge in [0.1, 0.15) is 11.3 Å². The van der Waals surface area contributed by atoms with E-state index in [1.54, 1.807) is 19.1 Å². The normalized spacial score (nSPS) is 11.4. The molecule has 0 saturated carbocycles. The lowest BCUT2D eigenvalue weighted by Crippen LogP contribution is -2.25. The summed E-state index contributed by atoms with van der Waals surface area (Å²) in [5, 5.41) is 0. The number of rotatable bonds is 6. The third-order valence-electron chi connectivity index (χ3n) is 4.45. The number of esters is 2. The van der Waals surface area contributed by atoms with Gasteiger partial charge in [0.15, 0.2) is 0 Å². The van der Waals surface area contributed by atoms with E-state index in [1.165, 1.54) is 0 Å². The van der Waals surface area contributed by atoms with Gasteiger partial charge in [0.2, 0.25) is 0 Å². The number of nitrogens with zero attached hydrogens (tertiary/aromatic N) is 1. The lowest BCUT2D eigenvalue weighted by Gasteiger charge is -2.22. The maximum atomic E-state index is 13.3. The topological polar surface area (TPSA) is 65.5 Å². The Kier molecular flexibility index (Phi) is 7.21. The molecule has 0 spiro atoms. The van der Waals surface area contributed by atoms with E-state index < -0.39 is 17.5 Å². The average molecular weight is 430 g/mol. The molecule has 3 rings (SSSR count). The number of benzene rings is 2. The van der Waals surface area contributed by atoms with Crippen molar-refractivity contribution in [2.75, 3.05) is 6.61 Å². The molecule has 164 valence electrons. The predicted octanol–water partition coefficient (Wildman–Crippen LogP) is 6.05. The summed E-state index contributed by atoms with van der Waals surface area (Å²) >= 11 is 0. The van der Waals surface area contributed by atoms with Crippen molar-refractivity contribution in [2.24, 2.45) is 0 Å². The number of ether oxygens (including phenoxy) is 2. The second-order valence-electron chi connectivity index (χ2n) is 8.15. The number of pyridine rings is 1. The Bertz CT molecular complexity index is 1110. The zero-order valence-corrected chi connectivity index (χ0v) is 18.8. The summed E-state index contributed by atoms with van der Waals surface area (Å²) in [5.41, 5.74) is 2.35. The van der Waals surface area contributed by atoms with Crippen LogP contribution in [0.3, 0.4) is 0 Å². The molecule has 5 nitrogen and oxygen atoms in total. The van der Waals surface area contributed by atoms with E-state index in [2.05, 4.69) is 4.98 Å². The fraction of sp³-hybridized carbons (Fsp3) is 0.222. The average Bonchev–Trinajstić information content (AvgIpc) is 2.77. The van der Waals surface area contributed by atoms with E-state index in [0.29, 0.717) is 16.8 Å². The highest BCUT2D eigenvalue weighted by Gasteiger charge is 2.26. The summed E-state index contributed by atoms with van der Waals surface area (Å²) in [4.78, 5) is 30.3. The van der Waals surface area contributed by atoms with Crippen LogP contribution in [0.4, 0.5) is 0 Å². The molecule has 2 aromatic carbocycles. The standard InChI is InChI=1S/C27H27NO4/c1-5-31-25(29)23-18-21(20-14-10-7-11-15-20)24(26(30)32-27(2,3)4)22(28-23)17-16-19-12-8-6-9-13-19/h6-18H,5H2,1-4H3/b17-16+. The second kappa shape index (κ2) is 10.1. The summed E-state index contributed by atoms with van der Waals surface area (Å²) < 4.78 is 10.9. The van der Waals surface area contributed by atoms with Gasteiger partial charge in [0.05, 0.1) is 17.9 Å². The van der Waals surface area contributed by atoms with Crippen molar-refractivity contribution >= 4 is 24.1 Å². The Morgan fingerprint density at radius 2 is 1.53 bits per heavy atom. The van der Waals surface area contributed by atoms with Crippen LogP contribution in [0.15, 0.2) is 66.7 Å². The van der Waals surface area contributed by atoms with Crippen LogP contribution >= 0.6 is 0 Å². The fourth-order valence-electron chi connectivity index (χ4n) is 3.12. The largest absolute Gasteiger partial charge is 0.461 e. The highest BCUT2D eigenvalue weighted by Crippen LogP contribution is 2.30. The summed E-state index contributed by atoms with van der Waals surface area (Å²) in [6.07, 6.45) is 3.57. The molecule has 1 aromatic heterocycles. The summed E-state index contributed by atoms with van der Waals surface area (Å²) in [6.45, 7) is 7.40. The van der Waals surface area contributed by atoms with Crippen molar-refractivity contribution in [3.05, 3.63) is 89.2 Å². The third-order valence-corrected chi connectivity index (χ3v) is 4.45. The maximum absolute atomic E-state index is 13.3. The molecule has 0 radical (unpaired) electrons. The molecular formula is C27H27NO4. The molecule has 0 aliphatic heterocycles. The van der Waals surface area contributed by atoms with E-state index in [9.17, 15) is 9.59 Å². The van der Waals surface area contributed by atoms with Crippen LogP contribution < -0.4 is 0 Å².